The standard InChI is InChI=1S/C9H11F3N2S/c10-9(11,12)3-8-14-5-7(15-8)4-13-6-1-2-6/h5-6,13H,1-4H2. The fraction of sp³-hybridized carbons (Fsp3) is 0.667. The van der Waals surface area contributed by atoms with Gasteiger partial charge in [0.1, 0.15) is 5.01 Å². The van der Waals surface area contributed by atoms with E-state index in [1.165, 1.54) is 19.0 Å². The van der Waals surface area contributed by atoms with Gasteiger partial charge in [0.15, 0.2) is 0 Å². The van der Waals surface area contributed by atoms with Crippen LogP contribution in [0.15, 0.2) is 6.20 Å². The maximum Gasteiger partial charge on any atom is 0.395 e. The van der Waals surface area contributed by atoms with Crippen LogP contribution in [0.2, 0.25) is 0 Å². The zero-order chi connectivity index (χ0) is 10.9. The molecule has 0 bridgehead atoms. The molecule has 1 aromatic heterocycles. The summed E-state index contributed by atoms with van der Waals surface area (Å²) in [5.41, 5.74) is 0. The second-order valence-corrected chi connectivity index (χ2v) is 4.87. The van der Waals surface area contributed by atoms with Gasteiger partial charge < -0.3 is 5.32 Å². The third-order valence-electron chi connectivity index (χ3n) is 2.10. The minimum absolute atomic E-state index is 0.148. The molecule has 0 aliphatic heterocycles. The summed E-state index contributed by atoms with van der Waals surface area (Å²) in [7, 11) is 0. The van der Waals surface area contributed by atoms with E-state index in [0.29, 0.717) is 12.6 Å². The second-order valence-electron chi connectivity index (χ2n) is 3.67. The van der Waals surface area contributed by atoms with Crippen LogP contribution in [0, 0.1) is 0 Å². The number of nitrogens with zero attached hydrogens (tertiary/aromatic N) is 1. The lowest BCUT2D eigenvalue weighted by molar-refractivity contribution is -0.127. The van der Waals surface area contributed by atoms with Crippen molar-refractivity contribution in [3.8, 4) is 0 Å². The predicted octanol–water partition coefficient (Wildman–Crippen LogP) is 2.50. The zero-order valence-electron chi connectivity index (χ0n) is 7.97. The normalized spacial score (nSPS) is 17.0. The zero-order valence-corrected chi connectivity index (χ0v) is 8.79. The first-order valence-electron chi connectivity index (χ1n) is 4.77. The van der Waals surface area contributed by atoms with Crippen molar-refractivity contribution in [2.24, 2.45) is 0 Å². The summed E-state index contributed by atoms with van der Waals surface area (Å²) in [4.78, 5) is 4.63. The minimum Gasteiger partial charge on any atom is -0.309 e. The summed E-state index contributed by atoms with van der Waals surface area (Å²) in [6, 6.07) is 0.568. The number of halogens is 3. The molecule has 2 rings (SSSR count). The average Bonchev–Trinajstić information content (AvgIpc) is 2.83. The summed E-state index contributed by atoms with van der Waals surface area (Å²) in [5.74, 6) is 0. The quantitative estimate of drug-likeness (QED) is 0.868. The van der Waals surface area contributed by atoms with Crippen LogP contribution in [0.25, 0.3) is 0 Å². The molecular weight excluding hydrogens is 225 g/mol. The molecular formula is C9H11F3N2S. The van der Waals surface area contributed by atoms with Crippen LogP contribution in [-0.2, 0) is 13.0 Å². The van der Waals surface area contributed by atoms with Crippen LogP contribution >= 0.6 is 11.3 Å². The van der Waals surface area contributed by atoms with Crippen LogP contribution in [0.3, 0.4) is 0 Å². The van der Waals surface area contributed by atoms with E-state index in [-0.39, 0.29) is 5.01 Å². The van der Waals surface area contributed by atoms with Gasteiger partial charge >= 0.3 is 6.18 Å². The lowest BCUT2D eigenvalue weighted by atomic mass is 10.4. The topological polar surface area (TPSA) is 24.9 Å². The minimum atomic E-state index is -4.15. The molecule has 1 heterocycles. The average molecular weight is 236 g/mol. The monoisotopic (exact) mass is 236 g/mol. The SMILES string of the molecule is FC(F)(F)Cc1ncc(CNC2CC2)s1. The van der Waals surface area contributed by atoms with Crippen molar-refractivity contribution in [3.05, 3.63) is 16.1 Å². The lowest BCUT2D eigenvalue weighted by Gasteiger charge is -2.01. The van der Waals surface area contributed by atoms with Gasteiger partial charge in [-0.05, 0) is 12.8 Å². The Bertz CT molecular complexity index is 330. The van der Waals surface area contributed by atoms with Crippen molar-refractivity contribution in [2.45, 2.75) is 38.0 Å². The molecule has 1 fully saturated rings. The van der Waals surface area contributed by atoms with Crippen molar-refractivity contribution < 1.29 is 13.2 Å². The Morgan fingerprint density at radius 3 is 2.80 bits per heavy atom. The van der Waals surface area contributed by atoms with E-state index >= 15 is 0 Å². The molecule has 0 radical (unpaired) electrons. The van der Waals surface area contributed by atoms with Gasteiger partial charge in [0.2, 0.25) is 0 Å². The molecule has 15 heavy (non-hydrogen) atoms. The molecule has 1 aliphatic carbocycles. The maximum absolute atomic E-state index is 12.0. The lowest BCUT2D eigenvalue weighted by Crippen LogP contribution is -2.14. The second kappa shape index (κ2) is 4.09. The third-order valence-corrected chi connectivity index (χ3v) is 3.09. The summed E-state index contributed by atoms with van der Waals surface area (Å²) < 4.78 is 36.1. The van der Waals surface area contributed by atoms with Gasteiger partial charge in [-0.2, -0.15) is 13.2 Å². The molecule has 1 aromatic rings. The number of hydrogen-bond donors (Lipinski definition) is 1. The molecule has 84 valence electrons. The fourth-order valence-corrected chi connectivity index (χ4v) is 2.12. The Hall–Kier alpha value is -0.620. The van der Waals surface area contributed by atoms with Gasteiger partial charge in [-0.25, -0.2) is 4.98 Å². The van der Waals surface area contributed by atoms with E-state index in [1.807, 2.05) is 0 Å². The number of nitrogens with one attached hydrogen (secondary N) is 1. The summed E-state index contributed by atoms with van der Waals surface area (Å²) >= 11 is 1.14. The van der Waals surface area contributed by atoms with E-state index in [4.69, 9.17) is 0 Å². The first-order valence-corrected chi connectivity index (χ1v) is 5.58. The fourth-order valence-electron chi connectivity index (χ4n) is 1.22. The van der Waals surface area contributed by atoms with Crippen LogP contribution < -0.4 is 5.32 Å². The first kappa shape index (κ1) is 10.9. The number of alkyl halides is 3. The molecule has 2 nitrogen and oxygen atoms in total. The highest BCUT2D eigenvalue weighted by Gasteiger charge is 2.29. The third kappa shape index (κ3) is 3.79. The molecule has 0 aromatic carbocycles. The Morgan fingerprint density at radius 1 is 1.47 bits per heavy atom. The van der Waals surface area contributed by atoms with Gasteiger partial charge in [0.25, 0.3) is 0 Å². The smallest absolute Gasteiger partial charge is 0.309 e. The largest absolute Gasteiger partial charge is 0.395 e. The molecule has 0 atom stereocenters. The number of rotatable bonds is 4. The highest BCUT2D eigenvalue weighted by Crippen LogP contribution is 2.25. The van der Waals surface area contributed by atoms with Crippen molar-refractivity contribution >= 4 is 11.3 Å². The van der Waals surface area contributed by atoms with Crippen LogP contribution in [0.1, 0.15) is 22.7 Å². The van der Waals surface area contributed by atoms with Gasteiger partial charge in [0.05, 0.1) is 6.42 Å². The van der Waals surface area contributed by atoms with Crippen LogP contribution in [0.5, 0.6) is 0 Å². The van der Waals surface area contributed by atoms with Crippen molar-refractivity contribution in [2.75, 3.05) is 0 Å². The van der Waals surface area contributed by atoms with E-state index in [0.717, 1.165) is 16.2 Å². The number of thiazole rings is 1. The first-order chi connectivity index (χ1) is 7.03. The highest BCUT2D eigenvalue weighted by atomic mass is 32.1. The van der Waals surface area contributed by atoms with E-state index in [9.17, 15) is 13.2 Å². The van der Waals surface area contributed by atoms with Crippen molar-refractivity contribution in [1.29, 1.82) is 0 Å². The molecule has 0 amide bonds. The number of aromatic nitrogens is 1. The highest BCUT2D eigenvalue weighted by molar-refractivity contribution is 7.11. The van der Waals surface area contributed by atoms with E-state index in [2.05, 4.69) is 10.3 Å². The van der Waals surface area contributed by atoms with E-state index < -0.39 is 12.6 Å². The van der Waals surface area contributed by atoms with Gasteiger partial charge in [0, 0.05) is 23.7 Å². The molecule has 0 spiro atoms. The molecule has 0 unspecified atom stereocenters. The molecule has 1 aliphatic rings. The molecule has 1 N–H and O–H groups in total. The van der Waals surface area contributed by atoms with Gasteiger partial charge in [-0.15, -0.1) is 11.3 Å². The van der Waals surface area contributed by atoms with Gasteiger partial charge in [-0.1, -0.05) is 0 Å². The predicted molar refractivity (Wildman–Crippen MR) is 51.7 cm³/mol. The summed E-state index contributed by atoms with van der Waals surface area (Å²) in [6.07, 6.45) is -1.19. The molecule has 0 saturated heterocycles. The Labute approximate surface area is 89.5 Å². The van der Waals surface area contributed by atoms with E-state index in [1.54, 1.807) is 0 Å². The van der Waals surface area contributed by atoms with Crippen molar-refractivity contribution in [3.63, 3.8) is 0 Å². The number of hydrogen-bond acceptors (Lipinski definition) is 3. The molecule has 1 saturated carbocycles. The Morgan fingerprint density at radius 2 is 2.20 bits per heavy atom. The van der Waals surface area contributed by atoms with Crippen molar-refractivity contribution in [1.82, 2.24) is 10.3 Å². The summed E-state index contributed by atoms with van der Waals surface area (Å²) in [5, 5.41) is 3.39. The Kier molecular flexibility index (Phi) is 2.97. The maximum atomic E-state index is 12.0. The molecule has 6 heteroatoms. The van der Waals surface area contributed by atoms with Gasteiger partial charge in [-0.3, -0.25) is 0 Å². The summed E-state index contributed by atoms with van der Waals surface area (Å²) in [6.45, 7) is 0.639. The Balaban J connectivity index is 1.85. The van der Waals surface area contributed by atoms with Crippen LogP contribution in [0.4, 0.5) is 13.2 Å². The van der Waals surface area contributed by atoms with Crippen LogP contribution in [-0.4, -0.2) is 17.2 Å².